The van der Waals surface area contributed by atoms with E-state index in [9.17, 15) is 4.79 Å². The Morgan fingerprint density at radius 2 is 1.95 bits per heavy atom. The van der Waals surface area contributed by atoms with Crippen LogP contribution in [0, 0.1) is 0 Å². The van der Waals surface area contributed by atoms with E-state index in [4.69, 9.17) is 14.2 Å². The largest absolute Gasteiger partial charge is 0.497 e. The molecule has 22 heavy (non-hydrogen) atoms. The molecule has 2 aromatic carbocycles. The van der Waals surface area contributed by atoms with Crippen molar-refractivity contribution in [1.82, 2.24) is 0 Å². The predicted octanol–water partition coefficient (Wildman–Crippen LogP) is 2.65. The normalized spacial score (nSPS) is 12.6. The topological polar surface area (TPSA) is 56.8 Å². The fourth-order valence-electron chi connectivity index (χ4n) is 2.29. The molecule has 0 radical (unpaired) electrons. The van der Waals surface area contributed by atoms with Gasteiger partial charge in [-0.05, 0) is 29.8 Å². The lowest BCUT2D eigenvalue weighted by Gasteiger charge is -2.19. The Hall–Kier alpha value is -2.69. The Morgan fingerprint density at radius 1 is 1.14 bits per heavy atom. The van der Waals surface area contributed by atoms with Crippen molar-refractivity contribution < 1.29 is 19.0 Å². The smallest absolute Gasteiger partial charge is 0.228 e. The Labute approximate surface area is 128 Å². The van der Waals surface area contributed by atoms with Crippen molar-refractivity contribution in [2.75, 3.05) is 25.6 Å². The summed E-state index contributed by atoms with van der Waals surface area (Å²) in [5.74, 6) is 2.01. The molecule has 1 N–H and O–H groups in total. The van der Waals surface area contributed by atoms with Crippen molar-refractivity contribution in [2.24, 2.45) is 0 Å². The van der Waals surface area contributed by atoms with Gasteiger partial charge in [0.05, 0.1) is 13.5 Å². The van der Waals surface area contributed by atoms with Crippen LogP contribution in [0.5, 0.6) is 17.2 Å². The van der Waals surface area contributed by atoms with Crippen LogP contribution in [0.2, 0.25) is 0 Å². The summed E-state index contributed by atoms with van der Waals surface area (Å²) >= 11 is 0. The minimum Gasteiger partial charge on any atom is -0.497 e. The molecule has 1 aliphatic rings. The average Bonchev–Trinajstić information content (AvgIpc) is 2.55. The summed E-state index contributed by atoms with van der Waals surface area (Å²) in [5, 5.41) is 2.86. The molecule has 0 spiro atoms. The van der Waals surface area contributed by atoms with Gasteiger partial charge in [0, 0.05) is 11.8 Å². The van der Waals surface area contributed by atoms with Crippen molar-refractivity contribution in [1.29, 1.82) is 0 Å². The Kier molecular flexibility index (Phi) is 4.14. The molecule has 0 aliphatic carbocycles. The van der Waals surface area contributed by atoms with E-state index >= 15 is 0 Å². The lowest BCUT2D eigenvalue weighted by molar-refractivity contribution is -0.115. The van der Waals surface area contributed by atoms with Gasteiger partial charge in [0.2, 0.25) is 5.91 Å². The van der Waals surface area contributed by atoms with E-state index in [2.05, 4.69) is 5.32 Å². The summed E-state index contributed by atoms with van der Waals surface area (Å²) < 4.78 is 16.1. The standard InChI is InChI=1S/C17H17NO4/c1-20-14-4-2-3-12(9-14)10-17(19)18-13-5-6-15-16(11-13)22-8-7-21-15/h2-6,9,11H,7-8,10H2,1H3,(H,18,19). The number of rotatable bonds is 4. The average molecular weight is 299 g/mol. The molecular formula is C17H17NO4. The Balaban J connectivity index is 1.66. The van der Waals surface area contributed by atoms with Crippen LogP contribution in [0.4, 0.5) is 5.69 Å². The Bertz CT molecular complexity index is 684. The molecule has 1 aliphatic heterocycles. The highest BCUT2D eigenvalue weighted by Gasteiger charge is 2.13. The third-order valence-electron chi connectivity index (χ3n) is 3.32. The van der Waals surface area contributed by atoms with Gasteiger partial charge in [0.15, 0.2) is 11.5 Å². The van der Waals surface area contributed by atoms with Gasteiger partial charge in [0.1, 0.15) is 19.0 Å². The fourth-order valence-corrected chi connectivity index (χ4v) is 2.29. The number of anilines is 1. The van der Waals surface area contributed by atoms with Crippen LogP contribution in [-0.2, 0) is 11.2 Å². The maximum atomic E-state index is 12.1. The van der Waals surface area contributed by atoms with Crippen molar-refractivity contribution in [2.45, 2.75) is 6.42 Å². The minimum atomic E-state index is -0.0927. The zero-order chi connectivity index (χ0) is 15.4. The van der Waals surface area contributed by atoms with Crippen molar-refractivity contribution >= 4 is 11.6 Å². The second kappa shape index (κ2) is 6.39. The molecule has 2 aromatic rings. The monoisotopic (exact) mass is 299 g/mol. The van der Waals surface area contributed by atoms with E-state index in [-0.39, 0.29) is 12.3 Å². The van der Waals surface area contributed by atoms with Crippen LogP contribution >= 0.6 is 0 Å². The zero-order valence-electron chi connectivity index (χ0n) is 12.3. The van der Waals surface area contributed by atoms with Gasteiger partial charge in [-0.1, -0.05) is 12.1 Å². The zero-order valence-corrected chi connectivity index (χ0v) is 12.3. The summed E-state index contributed by atoms with van der Waals surface area (Å²) in [6.07, 6.45) is 0.283. The number of carbonyl (C=O) groups excluding carboxylic acids is 1. The van der Waals surface area contributed by atoms with Crippen LogP contribution in [0.25, 0.3) is 0 Å². The van der Waals surface area contributed by atoms with Gasteiger partial charge in [-0.25, -0.2) is 0 Å². The van der Waals surface area contributed by atoms with Crippen LogP contribution in [0.15, 0.2) is 42.5 Å². The van der Waals surface area contributed by atoms with Crippen LogP contribution in [-0.4, -0.2) is 26.2 Å². The quantitative estimate of drug-likeness (QED) is 0.943. The number of fused-ring (bicyclic) bond motifs is 1. The predicted molar refractivity (Wildman–Crippen MR) is 82.8 cm³/mol. The molecule has 114 valence electrons. The number of carbonyl (C=O) groups is 1. The van der Waals surface area contributed by atoms with Gasteiger partial charge < -0.3 is 19.5 Å². The van der Waals surface area contributed by atoms with E-state index in [0.717, 1.165) is 11.3 Å². The maximum Gasteiger partial charge on any atom is 0.228 e. The first-order valence-corrected chi connectivity index (χ1v) is 7.07. The highest BCUT2D eigenvalue weighted by molar-refractivity contribution is 5.92. The number of hydrogen-bond acceptors (Lipinski definition) is 4. The van der Waals surface area contributed by atoms with E-state index in [1.807, 2.05) is 24.3 Å². The Morgan fingerprint density at radius 3 is 2.77 bits per heavy atom. The second-order valence-corrected chi connectivity index (χ2v) is 4.93. The van der Waals surface area contributed by atoms with E-state index in [0.29, 0.717) is 30.4 Å². The number of hydrogen-bond donors (Lipinski definition) is 1. The SMILES string of the molecule is COc1cccc(CC(=O)Nc2ccc3c(c2)OCCO3)c1. The molecule has 1 amide bonds. The number of methoxy groups -OCH3 is 1. The van der Waals surface area contributed by atoms with E-state index < -0.39 is 0 Å². The van der Waals surface area contributed by atoms with E-state index in [1.165, 1.54) is 0 Å². The second-order valence-electron chi connectivity index (χ2n) is 4.93. The van der Waals surface area contributed by atoms with Gasteiger partial charge in [-0.15, -0.1) is 0 Å². The molecule has 5 nitrogen and oxygen atoms in total. The molecule has 0 saturated carbocycles. The molecule has 0 saturated heterocycles. The summed E-state index contributed by atoms with van der Waals surface area (Å²) in [5.41, 5.74) is 1.59. The maximum absolute atomic E-state index is 12.1. The van der Waals surface area contributed by atoms with Crippen LogP contribution in [0.3, 0.4) is 0 Å². The fraction of sp³-hybridized carbons (Fsp3) is 0.235. The summed E-state index contributed by atoms with van der Waals surface area (Å²) in [4.78, 5) is 12.1. The number of nitrogens with one attached hydrogen (secondary N) is 1. The molecule has 0 bridgehead atoms. The first kappa shape index (κ1) is 14.3. The van der Waals surface area contributed by atoms with Crippen molar-refractivity contribution in [3.8, 4) is 17.2 Å². The van der Waals surface area contributed by atoms with Crippen molar-refractivity contribution in [3.05, 3.63) is 48.0 Å². The van der Waals surface area contributed by atoms with Gasteiger partial charge in [-0.2, -0.15) is 0 Å². The third-order valence-corrected chi connectivity index (χ3v) is 3.32. The van der Waals surface area contributed by atoms with Crippen molar-refractivity contribution in [3.63, 3.8) is 0 Å². The number of amides is 1. The summed E-state index contributed by atoms with van der Waals surface area (Å²) in [6, 6.07) is 12.8. The molecule has 1 heterocycles. The van der Waals surface area contributed by atoms with Gasteiger partial charge >= 0.3 is 0 Å². The molecule has 0 aromatic heterocycles. The highest BCUT2D eigenvalue weighted by atomic mass is 16.6. The first-order valence-electron chi connectivity index (χ1n) is 7.07. The van der Waals surface area contributed by atoms with Crippen LogP contribution in [0.1, 0.15) is 5.56 Å². The molecule has 3 rings (SSSR count). The number of benzene rings is 2. The van der Waals surface area contributed by atoms with E-state index in [1.54, 1.807) is 25.3 Å². The minimum absolute atomic E-state index is 0.0927. The van der Waals surface area contributed by atoms with Crippen LogP contribution < -0.4 is 19.5 Å². The molecule has 0 atom stereocenters. The molecule has 0 unspecified atom stereocenters. The molecule has 5 heteroatoms. The number of ether oxygens (including phenoxy) is 3. The summed E-state index contributed by atoms with van der Waals surface area (Å²) in [6.45, 7) is 1.07. The highest BCUT2D eigenvalue weighted by Crippen LogP contribution is 2.32. The molecular weight excluding hydrogens is 282 g/mol. The summed E-state index contributed by atoms with van der Waals surface area (Å²) in [7, 11) is 1.61. The molecule has 0 fully saturated rings. The first-order chi connectivity index (χ1) is 10.7. The van der Waals surface area contributed by atoms with Gasteiger partial charge in [0.25, 0.3) is 0 Å². The lowest BCUT2D eigenvalue weighted by atomic mass is 10.1. The van der Waals surface area contributed by atoms with Gasteiger partial charge in [-0.3, -0.25) is 4.79 Å². The lowest BCUT2D eigenvalue weighted by Crippen LogP contribution is -2.17. The third kappa shape index (κ3) is 3.31.